The number of rotatable bonds is 6. The zero-order chi connectivity index (χ0) is 13.9. The van der Waals surface area contributed by atoms with Gasteiger partial charge in [-0.2, -0.15) is 4.98 Å². The van der Waals surface area contributed by atoms with Crippen molar-refractivity contribution in [3.05, 3.63) is 35.9 Å². The lowest BCUT2D eigenvalue weighted by molar-refractivity contribution is 0.518. The molecule has 0 amide bonds. The number of hydrogen-bond donors (Lipinski definition) is 2. The topological polar surface area (TPSA) is 63.0 Å². The van der Waals surface area contributed by atoms with E-state index in [0.29, 0.717) is 24.5 Å². The predicted octanol–water partition coefficient (Wildman–Crippen LogP) is 3.38. The largest absolute Gasteiger partial charge is 0.467 e. The first kappa shape index (κ1) is 13.0. The molecular weight excluding hydrogens is 252 g/mol. The molecule has 5 heteroatoms. The van der Waals surface area contributed by atoms with Crippen LogP contribution in [0.5, 0.6) is 0 Å². The summed E-state index contributed by atoms with van der Waals surface area (Å²) in [5.41, 5.74) is 1.13. The standard InChI is InChI=1S/C15H20N4O/c1-10(2)17-15-18-13(11-5-6-11)8-14(19-15)16-9-12-4-3-7-20-12/h3-4,7-8,10-11H,5-6,9H2,1-2H3,(H2,16,17,18,19). The Hall–Kier alpha value is -2.04. The van der Waals surface area contributed by atoms with Gasteiger partial charge in [0.2, 0.25) is 5.95 Å². The number of nitrogens with one attached hydrogen (secondary N) is 2. The Labute approximate surface area is 118 Å². The van der Waals surface area contributed by atoms with Crippen LogP contribution in [0.4, 0.5) is 11.8 Å². The van der Waals surface area contributed by atoms with Crippen LogP contribution in [0.2, 0.25) is 0 Å². The van der Waals surface area contributed by atoms with Crippen molar-refractivity contribution in [2.24, 2.45) is 0 Å². The van der Waals surface area contributed by atoms with E-state index in [-0.39, 0.29) is 0 Å². The summed E-state index contributed by atoms with van der Waals surface area (Å²) in [4.78, 5) is 9.10. The van der Waals surface area contributed by atoms with Crippen LogP contribution in [-0.2, 0) is 6.54 Å². The van der Waals surface area contributed by atoms with Crippen molar-refractivity contribution < 1.29 is 4.42 Å². The maximum Gasteiger partial charge on any atom is 0.225 e. The molecule has 0 aromatic carbocycles. The average molecular weight is 272 g/mol. The molecule has 0 atom stereocenters. The first-order chi connectivity index (χ1) is 9.70. The highest BCUT2D eigenvalue weighted by Crippen LogP contribution is 2.39. The molecule has 2 heterocycles. The van der Waals surface area contributed by atoms with E-state index in [2.05, 4.69) is 34.4 Å². The minimum atomic E-state index is 0.322. The second-order valence-corrected chi connectivity index (χ2v) is 5.51. The van der Waals surface area contributed by atoms with Crippen LogP contribution < -0.4 is 10.6 Å². The normalized spacial score (nSPS) is 14.6. The quantitative estimate of drug-likeness (QED) is 0.844. The van der Waals surface area contributed by atoms with Crippen LogP contribution in [0.25, 0.3) is 0 Å². The molecule has 0 radical (unpaired) electrons. The van der Waals surface area contributed by atoms with E-state index in [1.54, 1.807) is 6.26 Å². The van der Waals surface area contributed by atoms with Crippen molar-refractivity contribution in [2.45, 2.75) is 45.2 Å². The highest BCUT2D eigenvalue weighted by molar-refractivity contribution is 5.44. The Morgan fingerprint density at radius 1 is 1.35 bits per heavy atom. The highest BCUT2D eigenvalue weighted by Gasteiger charge is 2.26. The van der Waals surface area contributed by atoms with Gasteiger partial charge in [0.15, 0.2) is 0 Å². The SMILES string of the molecule is CC(C)Nc1nc(NCc2ccco2)cc(C2CC2)n1. The Morgan fingerprint density at radius 2 is 2.20 bits per heavy atom. The molecule has 5 nitrogen and oxygen atoms in total. The van der Waals surface area contributed by atoms with Gasteiger partial charge in [-0.25, -0.2) is 4.98 Å². The summed E-state index contributed by atoms with van der Waals surface area (Å²) in [6, 6.07) is 6.20. The first-order valence-electron chi connectivity index (χ1n) is 7.12. The molecule has 2 aromatic rings. The van der Waals surface area contributed by atoms with Crippen LogP contribution in [-0.4, -0.2) is 16.0 Å². The summed E-state index contributed by atoms with van der Waals surface area (Å²) in [5, 5.41) is 6.57. The van der Waals surface area contributed by atoms with Crippen molar-refractivity contribution in [1.29, 1.82) is 0 Å². The number of aromatic nitrogens is 2. The summed E-state index contributed by atoms with van der Waals surface area (Å²) < 4.78 is 5.32. The van der Waals surface area contributed by atoms with Crippen molar-refractivity contribution in [3.8, 4) is 0 Å². The zero-order valence-electron chi connectivity index (χ0n) is 11.9. The molecule has 1 aliphatic rings. The molecule has 0 aliphatic heterocycles. The third-order valence-corrected chi connectivity index (χ3v) is 3.18. The second kappa shape index (κ2) is 5.53. The molecule has 1 fully saturated rings. The van der Waals surface area contributed by atoms with Gasteiger partial charge in [0, 0.05) is 18.0 Å². The number of nitrogens with zero attached hydrogens (tertiary/aromatic N) is 2. The van der Waals surface area contributed by atoms with E-state index in [1.165, 1.54) is 12.8 Å². The minimum absolute atomic E-state index is 0.322. The summed E-state index contributed by atoms with van der Waals surface area (Å²) in [6.07, 6.45) is 4.14. The molecule has 0 spiro atoms. The third-order valence-electron chi connectivity index (χ3n) is 3.18. The van der Waals surface area contributed by atoms with Gasteiger partial charge < -0.3 is 15.1 Å². The van der Waals surface area contributed by atoms with Crippen LogP contribution in [0.15, 0.2) is 28.9 Å². The number of furan rings is 1. The Balaban J connectivity index is 1.75. The first-order valence-corrected chi connectivity index (χ1v) is 7.12. The van der Waals surface area contributed by atoms with Crippen molar-refractivity contribution in [3.63, 3.8) is 0 Å². The second-order valence-electron chi connectivity index (χ2n) is 5.51. The monoisotopic (exact) mass is 272 g/mol. The molecule has 2 aromatic heterocycles. The predicted molar refractivity (Wildman–Crippen MR) is 78.8 cm³/mol. The molecule has 20 heavy (non-hydrogen) atoms. The Bertz CT molecular complexity index is 561. The zero-order valence-corrected chi connectivity index (χ0v) is 11.9. The molecule has 3 rings (SSSR count). The van der Waals surface area contributed by atoms with Gasteiger partial charge in [-0.3, -0.25) is 0 Å². The number of anilines is 2. The van der Waals surface area contributed by atoms with Crippen LogP contribution >= 0.6 is 0 Å². The van der Waals surface area contributed by atoms with Gasteiger partial charge >= 0.3 is 0 Å². The smallest absolute Gasteiger partial charge is 0.225 e. The summed E-state index contributed by atoms with van der Waals surface area (Å²) in [6.45, 7) is 4.81. The summed E-state index contributed by atoms with van der Waals surface area (Å²) in [7, 11) is 0. The van der Waals surface area contributed by atoms with Crippen molar-refractivity contribution in [1.82, 2.24) is 9.97 Å². The van der Waals surface area contributed by atoms with E-state index in [4.69, 9.17) is 4.42 Å². The van der Waals surface area contributed by atoms with E-state index in [9.17, 15) is 0 Å². The fraction of sp³-hybridized carbons (Fsp3) is 0.467. The fourth-order valence-electron chi connectivity index (χ4n) is 2.06. The third kappa shape index (κ3) is 3.29. The maximum absolute atomic E-state index is 5.32. The average Bonchev–Trinajstić information content (AvgIpc) is 3.13. The van der Waals surface area contributed by atoms with Gasteiger partial charge in [-0.1, -0.05) is 0 Å². The van der Waals surface area contributed by atoms with E-state index in [1.807, 2.05) is 18.2 Å². The molecule has 0 saturated heterocycles. The molecular formula is C15H20N4O. The van der Waals surface area contributed by atoms with Crippen LogP contribution in [0, 0.1) is 0 Å². The van der Waals surface area contributed by atoms with Gasteiger partial charge in [0.05, 0.1) is 18.5 Å². The molecule has 0 unspecified atom stereocenters. The maximum atomic E-state index is 5.32. The van der Waals surface area contributed by atoms with Crippen molar-refractivity contribution in [2.75, 3.05) is 10.6 Å². The Kier molecular flexibility index (Phi) is 3.58. The lowest BCUT2D eigenvalue weighted by Crippen LogP contribution is -2.14. The van der Waals surface area contributed by atoms with E-state index in [0.717, 1.165) is 17.3 Å². The molecule has 0 bridgehead atoms. The van der Waals surface area contributed by atoms with E-state index < -0.39 is 0 Å². The van der Waals surface area contributed by atoms with E-state index >= 15 is 0 Å². The van der Waals surface area contributed by atoms with Crippen molar-refractivity contribution >= 4 is 11.8 Å². The molecule has 1 aliphatic carbocycles. The summed E-state index contributed by atoms with van der Waals surface area (Å²) >= 11 is 0. The highest BCUT2D eigenvalue weighted by atomic mass is 16.3. The lowest BCUT2D eigenvalue weighted by Gasteiger charge is -2.12. The van der Waals surface area contributed by atoms with Gasteiger partial charge in [-0.05, 0) is 38.8 Å². The minimum Gasteiger partial charge on any atom is -0.467 e. The van der Waals surface area contributed by atoms with Crippen LogP contribution in [0.3, 0.4) is 0 Å². The summed E-state index contributed by atoms with van der Waals surface area (Å²) in [5.74, 6) is 3.05. The Morgan fingerprint density at radius 3 is 2.85 bits per heavy atom. The van der Waals surface area contributed by atoms with Crippen LogP contribution in [0.1, 0.15) is 44.1 Å². The molecule has 1 saturated carbocycles. The fourth-order valence-corrected chi connectivity index (χ4v) is 2.06. The van der Waals surface area contributed by atoms with Gasteiger partial charge in [-0.15, -0.1) is 0 Å². The lowest BCUT2D eigenvalue weighted by atomic mass is 10.2. The van der Waals surface area contributed by atoms with Gasteiger partial charge in [0.25, 0.3) is 0 Å². The molecule has 2 N–H and O–H groups in total. The van der Waals surface area contributed by atoms with Gasteiger partial charge in [0.1, 0.15) is 11.6 Å². The molecule has 106 valence electrons. The number of hydrogen-bond acceptors (Lipinski definition) is 5.